The largest absolute Gasteiger partial charge is 0.304 e. The molecule has 0 fully saturated rings. The first-order chi connectivity index (χ1) is 8.57. The van der Waals surface area contributed by atoms with E-state index in [2.05, 4.69) is 0 Å². The fourth-order valence-corrected chi connectivity index (χ4v) is 2.53. The molecule has 1 aromatic rings. The van der Waals surface area contributed by atoms with Gasteiger partial charge < -0.3 is 4.90 Å². The van der Waals surface area contributed by atoms with Gasteiger partial charge in [-0.25, -0.2) is 0 Å². The minimum absolute atomic E-state index is 0.378. The summed E-state index contributed by atoms with van der Waals surface area (Å²) in [6.07, 6.45) is 1.66. The smallest absolute Gasteiger partial charge is 0.299 e. The van der Waals surface area contributed by atoms with Crippen molar-refractivity contribution in [3.63, 3.8) is 0 Å². The second kappa shape index (κ2) is 5.11. The first-order valence-corrected chi connectivity index (χ1v) is 6.63. The van der Waals surface area contributed by atoms with Crippen molar-refractivity contribution < 1.29 is 9.59 Å². The van der Waals surface area contributed by atoms with Crippen LogP contribution in [-0.2, 0) is 4.79 Å². The summed E-state index contributed by atoms with van der Waals surface area (Å²) in [5.41, 5.74) is 3.21. The average Bonchev–Trinajstić information content (AvgIpc) is 2.60. The Morgan fingerprint density at radius 3 is 2.44 bits per heavy atom. The molecule has 1 aliphatic rings. The van der Waals surface area contributed by atoms with Gasteiger partial charge in [0.05, 0.1) is 11.3 Å². The number of benzene rings is 1. The van der Waals surface area contributed by atoms with Gasteiger partial charge in [-0.1, -0.05) is 12.1 Å². The monoisotopic (exact) mass is 265 g/mol. The first kappa shape index (κ1) is 13.1. The molecule has 0 N–H and O–H groups in total. The molecule has 18 heavy (non-hydrogen) atoms. The standard InChI is InChI=1S/C14H16ClNO2/c1-9-5-6-10(2)12-11(9)13(17)14(18)16(12)8-4-3-7-15/h5-6H,3-4,7-8H2,1-2H3. The van der Waals surface area contributed by atoms with Crippen molar-refractivity contribution in [2.45, 2.75) is 26.7 Å². The molecular formula is C14H16ClNO2. The third kappa shape index (κ3) is 2.03. The minimum atomic E-state index is -0.406. The lowest BCUT2D eigenvalue weighted by atomic mass is 10.0. The van der Waals surface area contributed by atoms with Gasteiger partial charge in [0.25, 0.3) is 11.7 Å². The van der Waals surface area contributed by atoms with Crippen LogP contribution in [0, 0.1) is 13.8 Å². The van der Waals surface area contributed by atoms with Gasteiger partial charge in [0, 0.05) is 12.4 Å². The van der Waals surface area contributed by atoms with Crippen molar-refractivity contribution in [1.82, 2.24) is 0 Å². The molecule has 1 aliphatic heterocycles. The van der Waals surface area contributed by atoms with Gasteiger partial charge in [-0.3, -0.25) is 9.59 Å². The molecule has 2 rings (SSSR count). The number of fused-ring (bicyclic) bond motifs is 1. The molecule has 1 heterocycles. The number of anilines is 1. The highest BCUT2D eigenvalue weighted by atomic mass is 35.5. The lowest BCUT2D eigenvalue weighted by molar-refractivity contribution is -0.114. The second-order valence-electron chi connectivity index (χ2n) is 4.60. The van der Waals surface area contributed by atoms with Crippen LogP contribution in [0.1, 0.15) is 34.3 Å². The average molecular weight is 266 g/mol. The summed E-state index contributed by atoms with van der Waals surface area (Å²) in [6, 6.07) is 3.84. The van der Waals surface area contributed by atoms with Crippen LogP contribution in [-0.4, -0.2) is 24.1 Å². The summed E-state index contributed by atoms with van der Waals surface area (Å²) < 4.78 is 0. The van der Waals surface area contributed by atoms with Crippen molar-refractivity contribution >= 4 is 29.0 Å². The van der Waals surface area contributed by atoms with E-state index in [1.807, 2.05) is 26.0 Å². The maximum atomic E-state index is 12.0. The molecule has 0 saturated carbocycles. The van der Waals surface area contributed by atoms with E-state index in [4.69, 9.17) is 11.6 Å². The van der Waals surface area contributed by atoms with Crippen molar-refractivity contribution in [3.05, 3.63) is 28.8 Å². The molecule has 1 amide bonds. The van der Waals surface area contributed by atoms with Crippen LogP contribution >= 0.6 is 11.6 Å². The first-order valence-electron chi connectivity index (χ1n) is 6.10. The Morgan fingerprint density at radius 2 is 1.78 bits per heavy atom. The van der Waals surface area contributed by atoms with Crippen LogP contribution in [0.15, 0.2) is 12.1 Å². The zero-order valence-corrected chi connectivity index (χ0v) is 11.4. The normalized spacial score (nSPS) is 14.3. The van der Waals surface area contributed by atoms with Crippen LogP contribution < -0.4 is 4.90 Å². The number of ketones is 1. The summed E-state index contributed by atoms with van der Waals surface area (Å²) in [7, 11) is 0. The third-order valence-electron chi connectivity index (χ3n) is 3.29. The Morgan fingerprint density at radius 1 is 1.11 bits per heavy atom. The lowest BCUT2D eigenvalue weighted by Crippen LogP contribution is -2.31. The Balaban J connectivity index is 2.39. The number of hydrogen-bond acceptors (Lipinski definition) is 2. The minimum Gasteiger partial charge on any atom is -0.304 e. The summed E-state index contributed by atoms with van der Waals surface area (Å²) in [4.78, 5) is 25.6. The number of rotatable bonds is 4. The quantitative estimate of drug-likeness (QED) is 0.477. The van der Waals surface area contributed by atoms with Crippen molar-refractivity contribution in [2.24, 2.45) is 0 Å². The molecule has 0 spiro atoms. The van der Waals surface area contributed by atoms with E-state index >= 15 is 0 Å². The Bertz CT molecular complexity index is 511. The van der Waals surface area contributed by atoms with E-state index in [9.17, 15) is 9.59 Å². The Kier molecular flexibility index (Phi) is 3.71. The number of halogens is 1. The lowest BCUT2D eigenvalue weighted by Gasteiger charge is -2.18. The molecule has 96 valence electrons. The fourth-order valence-electron chi connectivity index (χ4n) is 2.34. The SMILES string of the molecule is Cc1ccc(C)c2c1C(=O)C(=O)N2CCCCCl. The highest BCUT2D eigenvalue weighted by Crippen LogP contribution is 2.34. The zero-order valence-electron chi connectivity index (χ0n) is 10.6. The summed E-state index contributed by atoms with van der Waals surface area (Å²) >= 11 is 5.64. The molecule has 0 unspecified atom stereocenters. The number of carbonyl (C=O) groups is 2. The van der Waals surface area contributed by atoms with E-state index in [0.717, 1.165) is 29.7 Å². The van der Waals surface area contributed by atoms with Crippen LogP contribution in [0.4, 0.5) is 5.69 Å². The van der Waals surface area contributed by atoms with E-state index in [1.165, 1.54) is 0 Å². The third-order valence-corrected chi connectivity index (χ3v) is 3.56. The van der Waals surface area contributed by atoms with Crippen molar-refractivity contribution in [1.29, 1.82) is 0 Å². The predicted octanol–water partition coefficient (Wildman–Crippen LogP) is 2.85. The van der Waals surface area contributed by atoms with Gasteiger partial charge in [-0.2, -0.15) is 0 Å². The number of aryl methyl sites for hydroxylation is 2. The number of nitrogens with zero attached hydrogens (tertiary/aromatic N) is 1. The molecule has 0 aliphatic carbocycles. The van der Waals surface area contributed by atoms with Crippen molar-refractivity contribution in [2.75, 3.05) is 17.3 Å². The van der Waals surface area contributed by atoms with Gasteiger partial charge in [0.15, 0.2) is 0 Å². The van der Waals surface area contributed by atoms with Crippen LogP contribution in [0.25, 0.3) is 0 Å². The van der Waals surface area contributed by atoms with Crippen molar-refractivity contribution in [3.8, 4) is 0 Å². The number of Topliss-reactive ketones (excluding diaryl/α,β-unsaturated/α-hetero) is 1. The number of alkyl halides is 1. The topological polar surface area (TPSA) is 37.4 Å². The molecule has 0 saturated heterocycles. The Hall–Kier alpha value is -1.35. The maximum absolute atomic E-state index is 12.0. The van der Waals surface area contributed by atoms with Crippen LogP contribution in [0.2, 0.25) is 0 Å². The van der Waals surface area contributed by atoms with E-state index in [0.29, 0.717) is 18.0 Å². The summed E-state index contributed by atoms with van der Waals surface area (Å²) in [5.74, 6) is -0.204. The zero-order chi connectivity index (χ0) is 13.3. The van der Waals surface area contributed by atoms with Crippen LogP contribution in [0.3, 0.4) is 0 Å². The van der Waals surface area contributed by atoms with Gasteiger partial charge in [0.1, 0.15) is 0 Å². The van der Waals surface area contributed by atoms with Crippen LogP contribution in [0.5, 0.6) is 0 Å². The van der Waals surface area contributed by atoms with E-state index in [1.54, 1.807) is 4.90 Å². The number of unbranched alkanes of at least 4 members (excludes halogenated alkanes) is 1. The molecule has 0 bridgehead atoms. The molecule has 1 aromatic carbocycles. The maximum Gasteiger partial charge on any atom is 0.299 e. The molecule has 0 radical (unpaired) electrons. The molecule has 4 heteroatoms. The van der Waals surface area contributed by atoms with E-state index in [-0.39, 0.29) is 5.78 Å². The molecule has 0 aromatic heterocycles. The molecule has 0 atom stereocenters. The fraction of sp³-hybridized carbons (Fsp3) is 0.429. The number of amides is 1. The highest BCUT2D eigenvalue weighted by Gasteiger charge is 2.37. The molecular weight excluding hydrogens is 250 g/mol. The second-order valence-corrected chi connectivity index (χ2v) is 4.98. The number of hydrogen-bond donors (Lipinski definition) is 0. The van der Waals surface area contributed by atoms with E-state index < -0.39 is 5.91 Å². The van der Waals surface area contributed by atoms with Gasteiger partial charge in [-0.15, -0.1) is 11.6 Å². The molecule has 3 nitrogen and oxygen atoms in total. The van der Waals surface area contributed by atoms with Gasteiger partial charge >= 0.3 is 0 Å². The van der Waals surface area contributed by atoms with Gasteiger partial charge in [0.2, 0.25) is 0 Å². The predicted molar refractivity (Wildman–Crippen MR) is 72.6 cm³/mol. The Labute approximate surface area is 112 Å². The van der Waals surface area contributed by atoms with Gasteiger partial charge in [-0.05, 0) is 37.8 Å². The summed E-state index contributed by atoms with van der Waals surface area (Å²) in [6.45, 7) is 4.36. The highest BCUT2D eigenvalue weighted by molar-refractivity contribution is 6.52. The summed E-state index contributed by atoms with van der Waals surface area (Å²) in [5, 5.41) is 0. The number of carbonyl (C=O) groups excluding carboxylic acids is 2.